The Kier molecular flexibility index (Phi) is 4.55. The van der Waals surface area contributed by atoms with Crippen molar-refractivity contribution in [2.75, 3.05) is 38.3 Å². The Morgan fingerprint density at radius 3 is 2.33 bits per heavy atom. The third-order valence-electron chi connectivity index (χ3n) is 3.88. The van der Waals surface area contributed by atoms with Gasteiger partial charge in [-0.15, -0.1) is 0 Å². The summed E-state index contributed by atoms with van der Waals surface area (Å²) in [6, 6.07) is 5.99. The van der Waals surface area contributed by atoms with Crippen molar-refractivity contribution in [3.8, 4) is 0 Å². The molecule has 0 saturated carbocycles. The molecule has 0 N–H and O–H groups in total. The van der Waals surface area contributed by atoms with Crippen molar-refractivity contribution in [2.45, 2.75) is 0 Å². The highest BCUT2D eigenvalue weighted by atomic mass is 35.5. The van der Waals surface area contributed by atoms with Crippen molar-refractivity contribution in [3.63, 3.8) is 0 Å². The lowest BCUT2D eigenvalue weighted by Gasteiger charge is -2.29. The van der Waals surface area contributed by atoms with Crippen LogP contribution in [0.5, 0.6) is 0 Å². The monoisotopic (exact) mass is 350 g/mol. The van der Waals surface area contributed by atoms with Crippen LogP contribution in [0.15, 0.2) is 35.0 Å². The number of ether oxygens (including phenoxy) is 2. The summed E-state index contributed by atoms with van der Waals surface area (Å²) < 4.78 is 9.88. The molecule has 24 heavy (non-hydrogen) atoms. The van der Waals surface area contributed by atoms with E-state index in [1.54, 1.807) is 4.90 Å². The van der Waals surface area contributed by atoms with Gasteiger partial charge < -0.3 is 14.4 Å². The molecular weight excluding hydrogens is 336 g/mol. The number of carbonyl (C=O) groups is 3. The molecule has 0 bridgehead atoms. The van der Waals surface area contributed by atoms with Crippen molar-refractivity contribution in [1.29, 1.82) is 0 Å². The highest BCUT2D eigenvalue weighted by Crippen LogP contribution is 2.31. The number of halogens is 1. The summed E-state index contributed by atoms with van der Waals surface area (Å²) in [7, 11) is 1.28. The molecule has 2 aliphatic heterocycles. The standard InChI is InChI=1S/C16H15ClN2O5/c1-23-16(22)10-2-4-11(5-3-10)19-14(20)12(17)13(15(19)21)18-6-8-24-9-7-18/h2-5H,6-9H2,1H3. The Bertz CT molecular complexity index is 722. The van der Waals surface area contributed by atoms with E-state index < -0.39 is 17.8 Å². The Morgan fingerprint density at radius 1 is 1.12 bits per heavy atom. The minimum Gasteiger partial charge on any atom is -0.465 e. The van der Waals surface area contributed by atoms with Gasteiger partial charge >= 0.3 is 5.97 Å². The molecule has 0 spiro atoms. The normalized spacial score (nSPS) is 18.4. The van der Waals surface area contributed by atoms with Crippen LogP contribution in [0.25, 0.3) is 0 Å². The van der Waals surface area contributed by atoms with E-state index in [1.807, 2.05) is 0 Å². The van der Waals surface area contributed by atoms with E-state index in [1.165, 1.54) is 31.4 Å². The van der Waals surface area contributed by atoms with E-state index in [4.69, 9.17) is 16.3 Å². The van der Waals surface area contributed by atoms with Crippen LogP contribution in [0.3, 0.4) is 0 Å². The van der Waals surface area contributed by atoms with Gasteiger partial charge in [-0.1, -0.05) is 11.6 Å². The van der Waals surface area contributed by atoms with E-state index in [0.29, 0.717) is 37.6 Å². The van der Waals surface area contributed by atoms with Crippen molar-refractivity contribution in [1.82, 2.24) is 4.90 Å². The van der Waals surface area contributed by atoms with Gasteiger partial charge in [0.15, 0.2) is 0 Å². The molecule has 3 rings (SSSR count). The van der Waals surface area contributed by atoms with Crippen LogP contribution >= 0.6 is 11.6 Å². The lowest BCUT2D eigenvalue weighted by molar-refractivity contribution is -0.121. The maximum atomic E-state index is 12.7. The molecule has 7 nitrogen and oxygen atoms in total. The molecule has 0 radical (unpaired) electrons. The van der Waals surface area contributed by atoms with Gasteiger partial charge in [0.1, 0.15) is 10.7 Å². The SMILES string of the molecule is COC(=O)c1ccc(N2C(=O)C(Cl)=C(N3CCOCC3)C2=O)cc1. The number of hydrogen-bond acceptors (Lipinski definition) is 6. The number of benzene rings is 1. The number of nitrogens with zero attached hydrogens (tertiary/aromatic N) is 2. The highest BCUT2D eigenvalue weighted by Gasteiger charge is 2.41. The fourth-order valence-electron chi connectivity index (χ4n) is 2.65. The van der Waals surface area contributed by atoms with Gasteiger partial charge in [-0.25, -0.2) is 9.69 Å². The molecule has 0 aromatic heterocycles. The average molecular weight is 351 g/mol. The lowest BCUT2D eigenvalue weighted by atomic mass is 10.2. The van der Waals surface area contributed by atoms with Crippen LogP contribution in [-0.2, 0) is 19.1 Å². The second kappa shape index (κ2) is 6.62. The topological polar surface area (TPSA) is 76.2 Å². The predicted octanol–water partition coefficient (Wildman–Crippen LogP) is 1.13. The largest absolute Gasteiger partial charge is 0.465 e. The molecule has 2 amide bonds. The van der Waals surface area contributed by atoms with Gasteiger partial charge in [-0.05, 0) is 24.3 Å². The van der Waals surface area contributed by atoms with Gasteiger partial charge in [-0.3, -0.25) is 9.59 Å². The predicted molar refractivity (Wildman–Crippen MR) is 85.5 cm³/mol. The molecule has 8 heteroatoms. The zero-order valence-corrected chi connectivity index (χ0v) is 13.7. The van der Waals surface area contributed by atoms with Gasteiger partial charge in [0.05, 0.1) is 31.6 Å². The fraction of sp³-hybridized carbons (Fsp3) is 0.312. The number of carbonyl (C=O) groups excluding carboxylic acids is 3. The molecule has 0 unspecified atom stereocenters. The molecule has 1 saturated heterocycles. The summed E-state index contributed by atoms with van der Waals surface area (Å²) in [5.74, 6) is -1.54. The second-order valence-corrected chi connectivity index (χ2v) is 5.62. The van der Waals surface area contributed by atoms with Gasteiger partial charge in [0.25, 0.3) is 11.8 Å². The Hall–Kier alpha value is -2.38. The van der Waals surface area contributed by atoms with Crippen molar-refractivity contribution in [3.05, 3.63) is 40.6 Å². The van der Waals surface area contributed by atoms with Gasteiger partial charge in [-0.2, -0.15) is 0 Å². The van der Waals surface area contributed by atoms with E-state index >= 15 is 0 Å². The zero-order valence-electron chi connectivity index (χ0n) is 13.0. The van der Waals surface area contributed by atoms with Crippen LogP contribution in [0.1, 0.15) is 10.4 Å². The van der Waals surface area contributed by atoms with E-state index in [-0.39, 0.29) is 10.7 Å². The molecule has 1 aromatic rings. The number of anilines is 1. The first kappa shape index (κ1) is 16.5. The van der Waals surface area contributed by atoms with Crippen LogP contribution in [-0.4, -0.2) is 56.1 Å². The van der Waals surface area contributed by atoms with Crippen LogP contribution < -0.4 is 4.90 Å². The van der Waals surface area contributed by atoms with E-state index in [0.717, 1.165) is 4.90 Å². The molecule has 2 aliphatic rings. The molecule has 126 valence electrons. The van der Waals surface area contributed by atoms with Crippen LogP contribution in [0, 0.1) is 0 Å². The number of esters is 1. The summed E-state index contributed by atoms with van der Waals surface area (Å²) in [4.78, 5) is 39.3. The van der Waals surface area contributed by atoms with Crippen LogP contribution in [0.2, 0.25) is 0 Å². The molecule has 0 atom stereocenters. The molecule has 1 fully saturated rings. The summed E-state index contributed by atoms with van der Waals surface area (Å²) >= 11 is 6.12. The van der Waals surface area contributed by atoms with E-state index in [9.17, 15) is 14.4 Å². The first-order valence-corrected chi connectivity index (χ1v) is 7.72. The molecule has 2 heterocycles. The third-order valence-corrected chi connectivity index (χ3v) is 4.22. The number of morpholine rings is 1. The number of amides is 2. The summed E-state index contributed by atoms with van der Waals surface area (Å²) in [6.45, 7) is 1.95. The molecule has 0 aliphatic carbocycles. The van der Waals surface area contributed by atoms with Crippen molar-refractivity contribution < 1.29 is 23.9 Å². The maximum Gasteiger partial charge on any atom is 0.337 e. The smallest absolute Gasteiger partial charge is 0.337 e. The quantitative estimate of drug-likeness (QED) is 0.601. The maximum absolute atomic E-state index is 12.7. The molecule has 1 aromatic carbocycles. The van der Waals surface area contributed by atoms with Crippen LogP contribution in [0.4, 0.5) is 5.69 Å². The third kappa shape index (κ3) is 2.76. The summed E-state index contributed by atoms with van der Waals surface area (Å²) in [5.41, 5.74) is 0.869. The summed E-state index contributed by atoms with van der Waals surface area (Å²) in [6.07, 6.45) is 0. The first-order chi connectivity index (χ1) is 11.5. The van der Waals surface area contributed by atoms with Gasteiger partial charge in [0, 0.05) is 13.1 Å². The lowest BCUT2D eigenvalue weighted by Crippen LogP contribution is -2.40. The first-order valence-electron chi connectivity index (χ1n) is 7.34. The Balaban J connectivity index is 1.87. The number of hydrogen-bond donors (Lipinski definition) is 0. The highest BCUT2D eigenvalue weighted by molar-refractivity contribution is 6.52. The number of rotatable bonds is 3. The Morgan fingerprint density at radius 2 is 1.75 bits per heavy atom. The average Bonchev–Trinajstić information content (AvgIpc) is 2.84. The Labute approximate surface area is 143 Å². The zero-order chi connectivity index (χ0) is 17.3. The minimum absolute atomic E-state index is 0.0982. The van der Waals surface area contributed by atoms with E-state index in [2.05, 4.69) is 4.74 Å². The minimum atomic E-state index is -0.575. The fourth-order valence-corrected chi connectivity index (χ4v) is 2.94. The second-order valence-electron chi connectivity index (χ2n) is 5.25. The van der Waals surface area contributed by atoms with Crippen molar-refractivity contribution in [2.24, 2.45) is 0 Å². The van der Waals surface area contributed by atoms with Gasteiger partial charge in [0.2, 0.25) is 0 Å². The number of imide groups is 1. The number of methoxy groups -OCH3 is 1. The molecular formula is C16H15ClN2O5. The summed E-state index contributed by atoms with van der Waals surface area (Å²) in [5, 5.41) is -0.0982. The van der Waals surface area contributed by atoms with Crippen molar-refractivity contribution >= 4 is 35.1 Å².